The van der Waals surface area contributed by atoms with Gasteiger partial charge in [0.05, 0.1) is 0 Å². The monoisotopic (exact) mass is 182 g/mol. The van der Waals surface area contributed by atoms with Gasteiger partial charge in [0.2, 0.25) is 0 Å². The first kappa shape index (κ1) is 8.85. The van der Waals surface area contributed by atoms with Crippen molar-refractivity contribution in [3.05, 3.63) is 0 Å². The number of amides is 2. The number of carbonyl (C=O) groups is 1. The molecular weight excluding hydrogens is 164 g/mol. The Morgan fingerprint density at radius 3 is 2.62 bits per heavy atom. The lowest BCUT2D eigenvalue weighted by Gasteiger charge is -2.58. The fourth-order valence-electron chi connectivity index (χ4n) is 2.85. The van der Waals surface area contributed by atoms with E-state index in [1.54, 1.807) is 0 Å². The topological polar surface area (TPSA) is 32.3 Å². The molecule has 1 N–H and O–H groups in total. The van der Waals surface area contributed by atoms with Crippen LogP contribution in [0.1, 0.15) is 26.7 Å². The lowest BCUT2D eigenvalue weighted by Crippen LogP contribution is -2.65. The lowest BCUT2D eigenvalue weighted by molar-refractivity contribution is -0.0649. The number of nitrogens with one attached hydrogen (secondary N) is 1. The standard InChI is InChI=1S/C10H18N2O/c1-3-11-9(13)12-6-10(7-12)4-8(2)5-10/h8H,3-7H2,1-2H3,(H,11,13). The number of hydrogen-bond donors (Lipinski definition) is 1. The van der Waals surface area contributed by atoms with E-state index in [0.29, 0.717) is 5.41 Å². The quantitative estimate of drug-likeness (QED) is 0.654. The molecule has 3 nitrogen and oxygen atoms in total. The summed E-state index contributed by atoms with van der Waals surface area (Å²) >= 11 is 0. The normalized spacial score (nSPS) is 25.2. The zero-order valence-corrected chi connectivity index (χ0v) is 8.47. The highest BCUT2D eigenvalue weighted by Gasteiger charge is 2.51. The molecule has 0 atom stereocenters. The van der Waals surface area contributed by atoms with Crippen LogP contribution in [0.25, 0.3) is 0 Å². The first-order valence-electron chi connectivity index (χ1n) is 5.18. The number of rotatable bonds is 1. The molecule has 0 radical (unpaired) electrons. The van der Waals surface area contributed by atoms with E-state index in [0.717, 1.165) is 25.6 Å². The Kier molecular flexibility index (Phi) is 1.97. The Hall–Kier alpha value is -0.730. The van der Waals surface area contributed by atoms with Gasteiger partial charge in [-0.25, -0.2) is 4.79 Å². The molecule has 1 aliphatic carbocycles. The summed E-state index contributed by atoms with van der Waals surface area (Å²) in [5.74, 6) is 0.886. The summed E-state index contributed by atoms with van der Waals surface area (Å²) in [6.07, 6.45) is 2.64. The molecule has 13 heavy (non-hydrogen) atoms. The minimum atomic E-state index is 0.118. The maximum atomic E-state index is 11.3. The molecule has 0 bridgehead atoms. The average molecular weight is 182 g/mol. The molecule has 0 aromatic rings. The van der Waals surface area contributed by atoms with E-state index in [1.165, 1.54) is 12.8 Å². The third-order valence-electron chi connectivity index (χ3n) is 3.23. The van der Waals surface area contributed by atoms with Gasteiger partial charge >= 0.3 is 6.03 Å². The third kappa shape index (κ3) is 1.40. The summed E-state index contributed by atoms with van der Waals surface area (Å²) in [6.45, 7) is 6.96. The molecule has 0 aromatic carbocycles. The van der Waals surface area contributed by atoms with Gasteiger partial charge in [-0.1, -0.05) is 6.92 Å². The van der Waals surface area contributed by atoms with Gasteiger partial charge in [-0.15, -0.1) is 0 Å². The molecule has 1 saturated heterocycles. The van der Waals surface area contributed by atoms with Crippen LogP contribution < -0.4 is 5.32 Å². The molecule has 74 valence electrons. The second kappa shape index (κ2) is 2.89. The molecular formula is C10H18N2O. The van der Waals surface area contributed by atoms with Gasteiger partial charge in [-0.05, 0) is 25.7 Å². The Bertz CT molecular complexity index is 213. The van der Waals surface area contributed by atoms with E-state index in [1.807, 2.05) is 11.8 Å². The van der Waals surface area contributed by atoms with Crippen molar-refractivity contribution in [2.45, 2.75) is 26.7 Å². The van der Waals surface area contributed by atoms with Crippen molar-refractivity contribution in [1.29, 1.82) is 0 Å². The van der Waals surface area contributed by atoms with Crippen LogP contribution in [0.2, 0.25) is 0 Å². The Morgan fingerprint density at radius 1 is 1.54 bits per heavy atom. The van der Waals surface area contributed by atoms with Crippen LogP contribution in [0.4, 0.5) is 4.79 Å². The number of carbonyl (C=O) groups excluding carboxylic acids is 1. The highest BCUT2D eigenvalue weighted by atomic mass is 16.2. The summed E-state index contributed by atoms with van der Waals surface area (Å²) in [5, 5.41) is 2.83. The lowest BCUT2D eigenvalue weighted by atomic mass is 9.58. The molecule has 1 aliphatic heterocycles. The van der Waals surface area contributed by atoms with Gasteiger partial charge in [0.1, 0.15) is 0 Å². The second-order valence-corrected chi connectivity index (χ2v) is 4.70. The summed E-state index contributed by atoms with van der Waals surface area (Å²) in [4.78, 5) is 13.3. The van der Waals surface area contributed by atoms with E-state index >= 15 is 0 Å². The number of likely N-dealkylation sites (tertiary alicyclic amines) is 1. The molecule has 2 fully saturated rings. The van der Waals surface area contributed by atoms with Gasteiger partial charge in [0.15, 0.2) is 0 Å². The van der Waals surface area contributed by atoms with E-state index in [2.05, 4.69) is 12.2 Å². The number of urea groups is 1. The average Bonchev–Trinajstić information content (AvgIpc) is 1.94. The molecule has 2 rings (SSSR count). The van der Waals surface area contributed by atoms with Gasteiger partial charge in [0.25, 0.3) is 0 Å². The third-order valence-corrected chi connectivity index (χ3v) is 3.23. The fourth-order valence-corrected chi connectivity index (χ4v) is 2.85. The highest BCUT2D eigenvalue weighted by molar-refractivity contribution is 5.75. The predicted molar refractivity (Wildman–Crippen MR) is 51.5 cm³/mol. The van der Waals surface area contributed by atoms with Crippen molar-refractivity contribution in [2.75, 3.05) is 19.6 Å². The van der Waals surface area contributed by atoms with E-state index in [-0.39, 0.29) is 6.03 Å². The van der Waals surface area contributed by atoms with E-state index in [4.69, 9.17) is 0 Å². The second-order valence-electron chi connectivity index (χ2n) is 4.70. The Balaban J connectivity index is 1.75. The minimum absolute atomic E-state index is 0.118. The molecule has 0 unspecified atom stereocenters. The van der Waals surface area contributed by atoms with Crippen molar-refractivity contribution in [3.63, 3.8) is 0 Å². The SMILES string of the molecule is CCNC(=O)N1CC2(CC(C)C2)C1. The smallest absolute Gasteiger partial charge is 0.317 e. The molecule has 1 spiro atoms. The van der Waals surface area contributed by atoms with E-state index in [9.17, 15) is 4.79 Å². The zero-order chi connectivity index (χ0) is 9.47. The minimum Gasteiger partial charge on any atom is -0.338 e. The largest absolute Gasteiger partial charge is 0.338 e. The zero-order valence-electron chi connectivity index (χ0n) is 8.47. The van der Waals surface area contributed by atoms with Gasteiger partial charge in [-0.2, -0.15) is 0 Å². The van der Waals surface area contributed by atoms with Crippen LogP contribution >= 0.6 is 0 Å². The first-order chi connectivity index (χ1) is 6.15. The van der Waals surface area contributed by atoms with Crippen LogP contribution in [0.15, 0.2) is 0 Å². The van der Waals surface area contributed by atoms with Crippen molar-refractivity contribution >= 4 is 6.03 Å². The van der Waals surface area contributed by atoms with Gasteiger partial charge < -0.3 is 10.2 Å². The first-order valence-corrected chi connectivity index (χ1v) is 5.18. The van der Waals surface area contributed by atoms with Crippen LogP contribution in [0, 0.1) is 11.3 Å². The maximum absolute atomic E-state index is 11.3. The van der Waals surface area contributed by atoms with Gasteiger partial charge in [-0.3, -0.25) is 0 Å². The molecule has 2 aliphatic rings. The van der Waals surface area contributed by atoms with Crippen LogP contribution in [-0.4, -0.2) is 30.6 Å². The van der Waals surface area contributed by atoms with Crippen LogP contribution in [0.5, 0.6) is 0 Å². The highest BCUT2D eigenvalue weighted by Crippen LogP contribution is 2.51. The summed E-state index contributed by atoms with van der Waals surface area (Å²) in [5.41, 5.74) is 0.532. The predicted octanol–water partition coefficient (Wildman–Crippen LogP) is 1.45. The van der Waals surface area contributed by atoms with Crippen molar-refractivity contribution in [3.8, 4) is 0 Å². The number of hydrogen-bond acceptors (Lipinski definition) is 1. The molecule has 3 heteroatoms. The maximum Gasteiger partial charge on any atom is 0.317 e. The molecule has 1 saturated carbocycles. The molecule has 1 heterocycles. The molecule has 2 amide bonds. The summed E-state index contributed by atoms with van der Waals surface area (Å²) in [7, 11) is 0. The number of nitrogens with zero attached hydrogens (tertiary/aromatic N) is 1. The fraction of sp³-hybridized carbons (Fsp3) is 0.900. The van der Waals surface area contributed by atoms with Gasteiger partial charge in [0, 0.05) is 25.0 Å². The van der Waals surface area contributed by atoms with Crippen LogP contribution in [-0.2, 0) is 0 Å². The Labute approximate surface area is 79.5 Å². The van der Waals surface area contributed by atoms with Crippen molar-refractivity contribution in [1.82, 2.24) is 10.2 Å². The van der Waals surface area contributed by atoms with Crippen LogP contribution in [0.3, 0.4) is 0 Å². The summed E-state index contributed by atoms with van der Waals surface area (Å²) < 4.78 is 0. The van der Waals surface area contributed by atoms with Crippen molar-refractivity contribution < 1.29 is 4.79 Å². The van der Waals surface area contributed by atoms with E-state index < -0.39 is 0 Å². The summed E-state index contributed by atoms with van der Waals surface area (Å²) in [6, 6.07) is 0.118. The Morgan fingerprint density at radius 2 is 2.15 bits per heavy atom. The van der Waals surface area contributed by atoms with Crippen molar-refractivity contribution in [2.24, 2.45) is 11.3 Å². The molecule has 0 aromatic heterocycles.